The maximum atomic E-state index is 12.2. The zero-order valence-corrected chi connectivity index (χ0v) is 11.7. The number of rotatable bonds is 2. The van der Waals surface area contributed by atoms with E-state index in [4.69, 9.17) is 9.47 Å². The summed E-state index contributed by atoms with van der Waals surface area (Å²) < 4.78 is 10.5. The highest BCUT2D eigenvalue weighted by Gasteiger charge is 2.47. The molecule has 1 unspecified atom stereocenters. The molecule has 1 spiro atoms. The Kier molecular flexibility index (Phi) is 3.53. The summed E-state index contributed by atoms with van der Waals surface area (Å²) in [6, 6.07) is 7.60. The van der Waals surface area contributed by atoms with Gasteiger partial charge in [0.05, 0.1) is 12.6 Å². The molecule has 2 fully saturated rings. The molecular formula is C15H20N2O3. The number of carbonyl (C=O) groups is 1. The van der Waals surface area contributed by atoms with Gasteiger partial charge in [-0.15, -0.1) is 0 Å². The van der Waals surface area contributed by atoms with Crippen LogP contribution in [0.2, 0.25) is 0 Å². The standard InChI is InChI=1S/C15H20N2O3/c1-19-13-5-3-12(4-6-13)17-14(18)20-11-15(17)7-2-9-16-10-8-15/h3-6,16H,2,7-11H2,1H3. The van der Waals surface area contributed by atoms with E-state index in [2.05, 4.69) is 5.32 Å². The molecular weight excluding hydrogens is 256 g/mol. The molecule has 2 heterocycles. The number of carbonyl (C=O) groups excluding carboxylic acids is 1. The molecule has 0 aromatic heterocycles. The molecule has 2 aliphatic rings. The van der Waals surface area contributed by atoms with Crippen LogP contribution in [-0.4, -0.2) is 38.4 Å². The van der Waals surface area contributed by atoms with Gasteiger partial charge in [0, 0.05) is 5.69 Å². The average molecular weight is 276 g/mol. The number of anilines is 1. The van der Waals surface area contributed by atoms with Gasteiger partial charge in [0.2, 0.25) is 0 Å². The number of amides is 1. The molecule has 1 atom stereocenters. The lowest BCUT2D eigenvalue weighted by molar-refractivity contribution is 0.170. The van der Waals surface area contributed by atoms with Gasteiger partial charge in [0.25, 0.3) is 0 Å². The summed E-state index contributed by atoms with van der Waals surface area (Å²) in [6.07, 6.45) is 2.71. The molecule has 0 bridgehead atoms. The van der Waals surface area contributed by atoms with Crippen LogP contribution in [0.5, 0.6) is 5.75 Å². The van der Waals surface area contributed by atoms with Gasteiger partial charge in [-0.2, -0.15) is 0 Å². The second-order valence-electron chi connectivity index (χ2n) is 5.42. The topological polar surface area (TPSA) is 50.8 Å². The van der Waals surface area contributed by atoms with Crippen molar-refractivity contribution in [1.82, 2.24) is 5.32 Å². The normalized spacial score (nSPS) is 26.4. The highest BCUT2D eigenvalue weighted by Crippen LogP contribution is 2.37. The third-order valence-corrected chi connectivity index (χ3v) is 4.21. The number of benzene rings is 1. The quantitative estimate of drug-likeness (QED) is 0.899. The van der Waals surface area contributed by atoms with Crippen molar-refractivity contribution >= 4 is 11.8 Å². The van der Waals surface area contributed by atoms with Gasteiger partial charge >= 0.3 is 6.09 Å². The Labute approximate surface area is 118 Å². The minimum Gasteiger partial charge on any atom is -0.497 e. The lowest BCUT2D eigenvalue weighted by Crippen LogP contribution is -2.48. The first-order valence-electron chi connectivity index (χ1n) is 7.07. The van der Waals surface area contributed by atoms with E-state index in [1.54, 1.807) is 7.11 Å². The highest BCUT2D eigenvalue weighted by atomic mass is 16.6. The van der Waals surface area contributed by atoms with Gasteiger partial charge in [-0.05, 0) is 56.6 Å². The van der Waals surface area contributed by atoms with Crippen molar-refractivity contribution in [2.24, 2.45) is 0 Å². The van der Waals surface area contributed by atoms with Crippen molar-refractivity contribution in [2.45, 2.75) is 24.8 Å². The van der Waals surface area contributed by atoms with Crippen LogP contribution < -0.4 is 15.0 Å². The first kappa shape index (κ1) is 13.2. The molecule has 0 saturated carbocycles. The van der Waals surface area contributed by atoms with Gasteiger partial charge in [0.1, 0.15) is 12.4 Å². The summed E-state index contributed by atoms with van der Waals surface area (Å²) >= 11 is 0. The van der Waals surface area contributed by atoms with Crippen LogP contribution in [-0.2, 0) is 4.74 Å². The minimum absolute atomic E-state index is 0.199. The van der Waals surface area contributed by atoms with Crippen LogP contribution in [0.3, 0.4) is 0 Å². The van der Waals surface area contributed by atoms with Crippen LogP contribution in [0.4, 0.5) is 10.5 Å². The second kappa shape index (κ2) is 5.32. The molecule has 1 N–H and O–H groups in total. The molecule has 20 heavy (non-hydrogen) atoms. The Morgan fingerprint density at radius 3 is 2.80 bits per heavy atom. The maximum absolute atomic E-state index is 12.2. The second-order valence-corrected chi connectivity index (χ2v) is 5.42. The Hall–Kier alpha value is -1.75. The summed E-state index contributed by atoms with van der Waals surface area (Å²) in [5.74, 6) is 0.790. The zero-order chi connectivity index (χ0) is 14.0. The summed E-state index contributed by atoms with van der Waals surface area (Å²) in [4.78, 5) is 14.0. The van der Waals surface area contributed by atoms with Crippen molar-refractivity contribution in [3.63, 3.8) is 0 Å². The zero-order valence-electron chi connectivity index (χ0n) is 11.7. The van der Waals surface area contributed by atoms with Crippen molar-refractivity contribution in [2.75, 3.05) is 31.7 Å². The number of methoxy groups -OCH3 is 1. The van der Waals surface area contributed by atoms with Crippen molar-refractivity contribution < 1.29 is 14.3 Å². The van der Waals surface area contributed by atoms with Crippen molar-refractivity contribution in [3.8, 4) is 5.75 Å². The molecule has 1 aromatic rings. The largest absolute Gasteiger partial charge is 0.497 e. The number of ether oxygens (including phenoxy) is 2. The van der Waals surface area contributed by atoms with Crippen LogP contribution in [0.15, 0.2) is 24.3 Å². The maximum Gasteiger partial charge on any atom is 0.415 e. The number of hydrogen-bond donors (Lipinski definition) is 1. The van der Waals surface area contributed by atoms with E-state index in [1.165, 1.54) is 0 Å². The monoisotopic (exact) mass is 276 g/mol. The number of nitrogens with one attached hydrogen (secondary N) is 1. The van der Waals surface area contributed by atoms with E-state index in [-0.39, 0.29) is 11.6 Å². The van der Waals surface area contributed by atoms with Crippen LogP contribution in [0.1, 0.15) is 19.3 Å². The number of hydrogen-bond acceptors (Lipinski definition) is 4. The van der Waals surface area contributed by atoms with E-state index in [0.717, 1.165) is 43.8 Å². The Bertz CT molecular complexity index is 478. The third-order valence-electron chi connectivity index (χ3n) is 4.21. The molecule has 2 saturated heterocycles. The minimum atomic E-state index is -0.239. The molecule has 5 heteroatoms. The SMILES string of the molecule is COc1ccc(N2C(=O)OCC23CCCNCC3)cc1. The first-order chi connectivity index (χ1) is 9.75. The van der Waals surface area contributed by atoms with E-state index < -0.39 is 0 Å². The lowest BCUT2D eigenvalue weighted by atomic mass is 9.90. The summed E-state index contributed by atoms with van der Waals surface area (Å²) in [7, 11) is 1.64. The van der Waals surface area contributed by atoms with Crippen LogP contribution >= 0.6 is 0 Å². The highest BCUT2D eigenvalue weighted by molar-refractivity contribution is 5.91. The fourth-order valence-corrected chi connectivity index (χ4v) is 3.11. The van der Waals surface area contributed by atoms with Crippen molar-refractivity contribution in [1.29, 1.82) is 0 Å². The Morgan fingerprint density at radius 2 is 2.05 bits per heavy atom. The smallest absolute Gasteiger partial charge is 0.415 e. The van der Waals surface area contributed by atoms with Gasteiger partial charge in [-0.1, -0.05) is 0 Å². The van der Waals surface area contributed by atoms with E-state index >= 15 is 0 Å². The predicted molar refractivity (Wildman–Crippen MR) is 76.3 cm³/mol. The molecule has 0 radical (unpaired) electrons. The number of cyclic esters (lactones) is 1. The summed E-state index contributed by atoms with van der Waals surface area (Å²) in [5.41, 5.74) is 0.685. The Morgan fingerprint density at radius 1 is 1.25 bits per heavy atom. The number of nitrogens with zero attached hydrogens (tertiary/aromatic N) is 1. The molecule has 1 amide bonds. The van der Waals surface area contributed by atoms with Crippen molar-refractivity contribution in [3.05, 3.63) is 24.3 Å². The third kappa shape index (κ3) is 2.22. The fourth-order valence-electron chi connectivity index (χ4n) is 3.11. The van der Waals surface area contributed by atoms with Crippen LogP contribution in [0, 0.1) is 0 Å². The fraction of sp³-hybridized carbons (Fsp3) is 0.533. The summed E-state index contributed by atoms with van der Waals surface area (Å²) in [6.45, 7) is 2.41. The first-order valence-corrected chi connectivity index (χ1v) is 7.07. The van der Waals surface area contributed by atoms with Gasteiger partial charge in [-0.3, -0.25) is 4.90 Å². The Balaban J connectivity index is 1.92. The molecule has 108 valence electrons. The van der Waals surface area contributed by atoms with Gasteiger partial charge in [0.15, 0.2) is 0 Å². The van der Waals surface area contributed by atoms with Gasteiger partial charge < -0.3 is 14.8 Å². The molecule has 1 aromatic carbocycles. The lowest BCUT2D eigenvalue weighted by Gasteiger charge is -2.34. The predicted octanol–water partition coefficient (Wildman–Crippen LogP) is 2.16. The molecule has 2 aliphatic heterocycles. The average Bonchev–Trinajstić information content (AvgIpc) is 2.65. The summed E-state index contributed by atoms with van der Waals surface area (Å²) in [5, 5.41) is 3.39. The van der Waals surface area contributed by atoms with E-state index in [0.29, 0.717) is 6.61 Å². The van der Waals surface area contributed by atoms with Crippen LogP contribution in [0.25, 0.3) is 0 Å². The van der Waals surface area contributed by atoms with E-state index in [9.17, 15) is 4.79 Å². The van der Waals surface area contributed by atoms with Gasteiger partial charge in [-0.25, -0.2) is 4.79 Å². The molecule has 0 aliphatic carbocycles. The van der Waals surface area contributed by atoms with E-state index in [1.807, 2.05) is 29.2 Å². The molecule has 5 nitrogen and oxygen atoms in total. The molecule has 3 rings (SSSR count).